The Morgan fingerprint density at radius 1 is 0.816 bits per heavy atom. The molecular weight excluding hydrogens is 564 g/mol. The second-order valence-corrected chi connectivity index (χ2v) is 10.1. The molecule has 0 aliphatic carbocycles. The number of hydrogen-bond donors (Lipinski definition) is 2. The zero-order valence-corrected chi connectivity index (χ0v) is 22.8. The Bertz CT molecular complexity index is 1430. The molecule has 1 aliphatic rings. The van der Waals surface area contributed by atoms with Gasteiger partial charge < -0.3 is 19.5 Å². The van der Waals surface area contributed by atoms with Crippen molar-refractivity contribution >= 4 is 56.4 Å². The van der Waals surface area contributed by atoms with Crippen LogP contribution in [-0.4, -0.2) is 48.0 Å². The average Bonchev–Trinajstić information content (AvgIpc) is 3.45. The fraction of sp³-hybridized carbons (Fsp3) is 0.138. The lowest BCUT2D eigenvalue weighted by atomic mass is 10.1. The molecule has 2 heterocycles. The number of benzene rings is 3. The Labute approximate surface area is 234 Å². The Balaban J connectivity index is 1.11. The first-order chi connectivity index (χ1) is 18.5. The molecule has 3 aromatic carbocycles. The highest BCUT2D eigenvalue weighted by atomic mass is 79.9. The third-order valence-corrected chi connectivity index (χ3v) is 7.00. The minimum atomic E-state index is -0.426. The number of rotatable bonds is 5. The monoisotopic (exact) mass is 588 g/mol. The van der Waals surface area contributed by atoms with Gasteiger partial charge in [0.2, 0.25) is 0 Å². The van der Waals surface area contributed by atoms with Crippen LogP contribution in [0.15, 0.2) is 99.9 Å². The van der Waals surface area contributed by atoms with Crippen LogP contribution >= 0.6 is 28.1 Å². The summed E-state index contributed by atoms with van der Waals surface area (Å²) in [5.41, 5.74) is 3.41. The van der Waals surface area contributed by atoms with Crippen molar-refractivity contribution in [1.82, 2.24) is 10.2 Å². The summed E-state index contributed by atoms with van der Waals surface area (Å²) in [5.74, 6) is 0.416. The molecule has 0 unspecified atom stereocenters. The molecule has 0 atom stereocenters. The number of halogens is 1. The number of nitrogens with one attached hydrogen (secondary N) is 2. The minimum absolute atomic E-state index is 0.0689. The first-order valence-corrected chi connectivity index (χ1v) is 13.3. The fourth-order valence-corrected chi connectivity index (χ4v) is 4.72. The lowest BCUT2D eigenvalue weighted by Crippen LogP contribution is -2.48. The average molecular weight is 590 g/mol. The summed E-state index contributed by atoms with van der Waals surface area (Å²) in [7, 11) is 0. The molecule has 192 valence electrons. The smallest absolute Gasteiger partial charge is 0.293 e. The maximum Gasteiger partial charge on any atom is 0.293 e. The van der Waals surface area contributed by atoms with Crippen molar-refractivity contribution in [2.45, 2.75) is 0 Å². The van der Waals surface area contributed by atoms with Crippen LogP contribution in [0.1, 0.15) is 20.9 Å². The summed E-state index contributed by atoms with van der Waals surface area (Å²) in [6.45, 7) is 2.84. The van der Waals surface area contributed by atoms with Gasteiger partial charge in [0.05, 0.1) is 0 Å². The van der Waals surface area contributed by atoms with Crippen LogP contribution in [0, 0.1) is 0 Å². The molecule has 1 fully saturated rings. The van der Waals surface area contributed by atoms with Crippen molar-refractivity contribution in [2.24, 2.45) is 0 Å². The number of hydrogen-bond acceptors (Lipinski definition) is 5. The number of thiocarbonyl (C=S) groups is 1. The SMILES string of the molecule is O=C(NC(=S)Nc1ccc(N2CCN(C(=O)c3ccccc3)CC2)cc1)c1ccc(-c2ccc(Br)cc2)o1. The van der Waals surface area contributed by atoms with E-state index in [0.717, 1.165) is 40.1 Å². The van der Waals surface area contributed by atoms with Gasteiger partial charge >= 0.3 is 0 Å². The lowest BCUT2D eigenvalue weighted by molar-refractivity contribution is 0.0746. The van der Waals surface area contributed by atoms with Gasteiger partial charge in [-0.05, 0) is 72.9 Å². The van der Waals surface area contributed by atoms with Crippen LogP contribution in [0.5, 0.6) is 0 Å². The van der Waals surface area contributed by atoms with Gasteiger partial charge in [-0.2, -0.15) is 0 Å². The molecule has 7 nitrogen and oxygen atoms in total. The Kier molecular flexibility index (Phi) is 7.86. The number of carbonyl (C=O) groups is 2. The first kappa shape index (κ1) is 25.7. The van der Waals surface area contributed by atoms with E-state index in [-0.39, 0.29) is 16.8 Å². The molecule has 9 heteroatoms. The van der Waals surface area contributed by atoms with E-state index in [9.17, 15) is 9.59 Å². The quantitative estimate of drug-likeness (QED) is 0.287. The fourth-order valence-electron chi connectivity index (χ4n) is 4.24. The Morgan fingerprint density at radius 3 is 2.18 bits per heavy atom. The molecule has 0 spiro atoms. The highest BCUT2D eigenvalue weighted by Gasteiger charge is 2.22. The van der Waals surface area contributed by atoms with Crippen molar-refractivity contribution in [1.29, 1.82) is 0 Å². The molecule has 0 bridgehead atoms. The van der Waals surface area contributed by atoms with Crippen LogP contribution in [0.4, 0.5) is 11.4 Å². The molecule has 4 aromatic rings. The van der Waals surface area contributed by atoms with Gasteiger partial charge in [0, 0.05) is 53.2 Å². The lowest BCUT2D eigenvalue weighted by Gasteiger charge is -2.36. The second kappa shape index (κ2) is 11.6. The van der Waals surface area contributed by atoms with E-state index >= 15 is 0 Å². The minimum Gasteiger partial charge on any atom is -0.451 e. The van der Waals surface area contributed by atoms with Crippen LogP contribution in [0.25, 0.3) is 11.3 Å². The van der Waals surface area contributed by atoms with Crippen LogP contribution in [-0.2, 0) is 0 Å². The van der Waals surface area contributed by atoms with Gasteiger partial charge in [-0.25, -0.2) is 0 Å². The molecule has 1 saturated heterocycles. The van der Waals surface area contributed by atoms with E-state index in [2.05, 4.69) is 31.5 Å². The molecule has 2 N–H and O–H groups in total. The number of amides is 2. The van der Waals surface area contributed by atoms with Crippen LogP contribution in [0.3, 0.4) is 0 Å². The third-order valence-electron chi connectivity index (χ3n) is 6.26. The number of nitrogens with zero attached hydrogens (tertiary/aromatic N) is 2. The van der Waals surface area contributed by atoms with Crippen molar-refractivity contribution < 1.29 is 14.0 Å². The molecule has 5 rings (SSSR count). The molecule has 38 heavy (non-hydrogen) atoms. The summed E-state index contributed by atoms with van der Waals surface area (Å²) in [6.07, 6.45) is 0. The topological polar surface area (TPSA) is 77.8 Å². The summed E-state index contributed by atoms with van der Waals surface area (Å²) in [5, 5.41) is 5.87. The maximum absolute atomic E-state index is 12.7. The van der Waals surface area contributed by atoms with Gasteiger partial charge in [-0.15, -0.1) is 0 Å². The van der Waals surface area contributed by atoms with Crippen molar-refractivity contribution in [3.05, 3.63) is 107 Å². The molecule has 0 radical (unpaired) electrons. The van der Waals surface area contributed by atoms with Crippen molar-refractivity contribution in [3.63, 3.8) is 0 Å². The van der Waals surface area contributed by atoms with E-state index in [1.807, 2.05) is 83.8 Å². The van der Waals surface area contributed by atoms with E-state index in [1.54, 1.807) is 12.1 Å². The summed E-state index contributed by atoms with van der Waals surface area (Å²) in [6, 6.07) is 28.2. The predicted octanol–water partition coefficient (Wildman–Crippen LogP) is 5.80. The van der Waals surface area contributed by atoms with E-state index in [1.165, 1.54) is 0 Å². The normalized spacial score (nSPS) is 13.2. The zero-order valence-electron chi connectivity index (χ0n) is 20.4. The molecule has 0 saturated carbocycles. The van der Waals surface area contributed by atoms with E-state index in [0.29, 0.717) is 18.8 Å². The first-order valence-electron chi connectivity index (χ1n) is 12.1. The summed E-state index contributed by atoms with van der Waals surface area (Å²) >= 11 is 8.73. The number of anilines is 2. The van der Waals surface area contributed by atoms with Crippen LogP contribution < -0.4 is 15.5 Å². The van der Waals surface area contributed by atoms with Gasteiger partial charge in [-0.3, -0.25) is 14.9 Å². The van der Waals surface area contributed by atoms with Crippen molar-refractivity contribution in [3.8, 4) is 11.3 Å². The molecule has 2 amide bonds. The van der Waals surface area contributed by atoms with E-state index in [4.69, 9.17) is 16.6 Å². The Hall–Kier alpha value is -3.95. The Morgan fingerprint density at radius 2 is 1.50 bits per heavy atom. The number of carbonyl (C=O) groups excluding carboxylic acids is 2. The van der Waals surface area contributed by atoms with Gasteiger partial charge in [-0.1, -0.05) is 46.3 Å². The largest absolute Gasteiger partial charge is 0.451 e. The van der Waals surface area contributed by atoms with Crippen molar-refractivity contribution in [2.75, 3.05) is 36.4 Å². The second-order valence-electron chi connectivity index (χ2n) is 8.77. The van der Waals surface area contributed by atoms with Gasteiger partial charge in [0.25, 0.3) is 11.8 Å². The highest BCUT2D eigenvalue weighted by Crippen LogP contribution is 2.24. The third kappa shape index (κ3) is 6.12. The number of piperazine rings is 1. The summed E-state index contributed by atoms with van der Waals surface area (Å²) in [4.78, 5) is 29.4. The van der Waals surface area contributed by atoms with Crippen LogP contribution in [0.2, 0.25) is 0 Å². The zero-order chi connectivity index (χ0) is 26.5. The summed E-state index contributed by atoms with van der Waals surface area (Å²) < 4.78 is 6.67. The van der Waals surface area contributed by atoms with E-state index < -0.39 is 5.91 Å². The number of furan rings is 1. The maximum atomic E-state index is 12.7. The highest BCUT2D eigenvalue weighted by molar-refractivity contribution is 9.10. The predicted molar refractivity (Wildman–Crippen MR) is 157 cm³/mol. The molecule has 1 aliphatic heterocycles. The van der Waals surface area contributed by atoms with Gasteiger partial charge in [0.15, 0.2) is 10.9 Å². The van der Waals surface area contributed by atoms with Gasteiger partial charge in [0.1, 0.15) is 5.76 Å². The molecule has 1 aromatic heterocycles. The standard InChI is InChI=1S/C29H25BrN4O3S/c30-22-8-6-20(7-9-22)25-14-15-26(37-25)27(35)32-29(38)31-23-10-12-24(13-11-23)33-16-18-34(19-17-33)28(36)21-4-2-1-3-5-21/h1-15H,16-19H2,(H2,31,32,35,38). The molecular formula is C29H25BrN4O3S.